The fourth-order valence-electron chi connectivity index (χ4n) is 3.10. The number of rotatable bonds is 7. The van der Waals surface area contributed by atoms with E-state index in [1.807, 2.05) is 38.1 Å². The van der Waals surface area contributed by atoms with Gasteiger partial charge in [0, 0.05) is 22.9 Å². The molecule has 30 heavy (non-hydrogen) atoms. The van der Waals surface area contributed by atoms with E-state index in [-0.39, 0.29) is 12.7 Å². The molecule has 3 aromatic carbocycles. The predicted octanol–water partition coefficient (Wildman–Crippen LogP) is 4.95. The van der Waals surface area contributed by atoms with Gasteiger partial charge in [0.15, 0.2) is 11.5 Å². The van der Waals surface area contributed by atoms with Crippen molar-refractivity contribution in [3.63, 3.8) is 0 Å². The summed E-state index contributed by atoms with van der Waals surface area (Å²) in [6.45, 7) is 4.96. The van der Waals surface area contributed by atoms with Gasteiger partial charge in [0.1, 0.15) is 18.1 Å². The van der Waals surface area contributed by atoms with Crippen LogP contribution in [0.4, 0.5) is 5.69 Å². The third-order valence-electron chi connectivity index (χ3n) is 4.67. The van der Waals surface area contributed by atoms with E-state index < -0.39 is 0 Å². The van der Waals surface area contributed by atoms with Gasteiger partial charge in [-0.25, -0.2) is 0 Å². The first-order valence-electron chi connectivity index (χ1n) is 9.78. The van der Waals surface area contributed by atoms with Gasteiger partial charge < -0.3 is 24.3 Å². The van der Waals surface area contributed by atoms with Gasteiger partial charge in [-0.2, -0.15) is 0 Å². The van der Waals surface area contributed by atoms with Gasteiger partial charge in [0.05, 0.1) is 6.61 Å². The number of carbonyl (C=O) groups is 1. The summed E-state index contributed by atoms with van der Waals surface area (Å²) in [7, 11) is 0. The second kappa shape index (κ2) is 8.78. The van der Waals surface area contributed by atoms with Crippen molar-refractivity contribution in [1.82, 2.24) is 0 Å². The van der Waals surface area contributed by atoms with Crippen LogP contribution in [0.5, 0.6) is 23.0 Å². The van der Waals surface area contributed by atoms with Crippen LogP contribution in [0.25, 0.3) is 0 Å². The molecule has 1 aliphatic rings. The zero-order valence-corrected chi connectivity index (χ0v) is 16.9. The maximum absolute atomic E-state index is 12.8. The summed E-state index contributed by atoms with van der Waals surface area (Å²) >= 11 is 0. The number of ether oxygens (including phenoxy) is 4. The highest BCUT2D eigenvalue weighted by molar-refractivity contribution is 6.04. The number of benzene rings is 3. The van der Waals surface area contributed by atoms with Crippen molar-refractivity contribution < 1.29 is 23.7 Å². The van der Waals surface area contributed by atoms with Crippen LogP contribution in [-0.2, 0) is 6.61 Å². The minimum absolute atomic E-state index is 0.190. The Labute approximate surface area is 175 Å². The molecular weight excluding hydrogens is 382 g/mol. The normalized spacial score (nSPS) is 11.8. The molecule has 0 aliphatic carbocycles. The van der Waals surface area contributed by atoms with Crippen LogP contribution in [-0.4, -0.2) is 19.3 Å². The molecular formula is C24H23NO5. The first-order chi connectivity index (χ1) is 14.6. The lowest BCUT2D eigenvalue weighted by Gasteiger charge is -2.14. The van der Waals surface area contributed by atoms with E-state index >= 15 is 0 Å². The number of anilines is 1. The highest BCUT2D eigenvalue weighted by atomic mass is 16.7. The number of nitrogens with one attached hydrogen (secondary N) is 1. The molecule has 0 fully saturated rings. The summed E-state index contributed by atoms with van der Waals surface area (Å²) in [5.74, 6) is 2.52. The minimum Gasteiger partial charge on any atom is -0.493 e. The molecule has 0 saturated carbocycles. The summed E-state index contributed by atoms with van der Waals surface area (Å²) in [5.41, 5.74) is 3.12. The third kappa shape index (κ3) is 4.49. The molecule has 1 amide bonds. The van der Waals surface area contributed by atoms with Crippen molar-refractivity contribution in [3.8, 4) is 23.0 Å². The molecule has 0 unspecified atom stereocenters. The van der Waals surface area contributed by atoms with Crippen molar-refractivity contribution in [3.05, 3.63) is 77.4 Å². The zero-order valence-electron chi connectivity index (χ0n) is 16.9. The molecule has 154 valence electrons. The Morgan fingerprint density at radius 2 is 1.77 bits per heavy atom. The Morgan fingerprint density at radius 1 is 0.967 bits per heavy atom. The van der Waals surface area contributed by atoms with Crippen LogP contribution in [0, 0.1) is 6.92 Å². The second-order valence-corrected chi connectivity index (χ2v) is 6.88. The number of fused-ring (bicyclic) bond motifs is 1. The van der Waals surface area contributed by atoms with Gasteiger partial charge in [-0.05, 0) is 56.3 Å². The second-order valence-electron chi connectivity index (χ2n) is 6.88. The van der Waals surface area contributed by atoms with Gasteiger partial charge in [0.2, 0.25) is 6.79 Å². The van der Waals surface area contributed by atoms with E-state index in [4.69, 9.17) is 18.9 Å². The fraction of sp³-hybridized carbons (Fsp3) is 0.208. The van der Waals surface area contributed by atoms with Crippen LogP contribution in [0.2, 0.25) is 0 Å². The van der Waals surface area contributed by atoms with Gasteiger partial charge >= 0.3 is 0 Å². The zero-order chi connectivity index (χ0) is 20.9. The molecule has 1 heterocycles. The smallest absolute Gasteiger partial charge is 0.255 e. The monoisotopic (exact) mass is 405 g/mol. The first kappa shape index (κ1) is 19.6. The molecule has 6 nitrogen and oxygen atoms in total. The molecule has 6 heteroatoms. The lowest BCUT2D eigenvalue weighted by Crippen LogP contribution is -2.13. The van der Waals surface area contributed by atoms with Crippen LogP contribution in [0.15, 0.2) is 60.7 Å². The molecule has 0 atom stereocenters. The van der Waals surface area contributed by atoms with E-state index in [0.29, 0.717) is 41.7 Å². The minimum atomic E-state index is -0.228. The quantitative estimate of drug-likeness (QED) is 0.602. The molecule has 0 bridgehead atoms. The van der Waals surface area contributed by atoms with Crippen molar-refractivity contribution >= 4 is 11.6 Å². The molecule has 4 rings (SSSR count). The van der Waals surface area contributed by atoms with Crippen LogP contribution < -0.4 is 24.3 Å². The maximum atomic E-state index is 12.8. The molecule has 1 N–H and O–H groups in total. The first-order valence-corrected chi connectivity index (χ1v) is 9.78. The lowest BCUT2D eigenvalue weighted by atomic mass is 10.1. The van der Waals surface area contributed by atoms with E-state index in [2.05, 4.69) is 5.32 Å². The average Bonchev–Trinajstić information content (AvgIpc) is 3.22. The van der Waals surface area contributed by atoms with Crippen molar-refractivity contribution in [2.24, 2.45) is 0 Å². The summed E-state index contributed by atoms with van der Waals surface area (Å²) in [5, 5.41) is 2.89. The van der Waals surface area contributed by atoms with Crippen molar-refractivity contribution in [2.75, 3.05) is 18.7 Å². The number of carbonyl (C=O) groups excluding carboxylic acids is 1. The fourth-order valence-corrected chi connectivity index (χ4v) is 3.10. The third-order valence-corrected chi connectivity index (χ3v) is 4.67. The molecule has 3 aromatic rings. The molecule has 0 aromatic heterocycles. The highest BCUT2D eigenvalue weighted by Crippen LogP contribution is 2.34. The lowest BCUT2D eigenvalue weighted by molar-refractivity contribution is 0.102. The molecule has 0 spiro atoms. The van der Waals surface area contributed by atoms with Crippen molar-refractivity contribution in [2.45, 2.75) is 20.5 Å². The number of hydrogen-bond acceptors (Lipinski definition) is 5. The molecule has 1 aliphatic heterocycles. The van der Waals surface area contributed by atoms with Crippen LogP contribution in [0.3, 0.4) is 0 Å². The molecule has 0 saturated heterocycles. The van der Waals surface area contributed by atoms with Crippen LogP contribution in [0.1, 0.15) is 28.4 Å². The number of aryl methyl sites for hydroxylation is 1. The highest BCUT2D eigenvalue weighted by Gasteiger charge is 2.16. The maximum Gasteiger partial charge on any atom is 0.255 e. The van der Waals surface area contributed by atoms with Crippen molar-refractivity contribution in [1.29, 1.82) is 0 Å². The van der Waals surface area contributed by atoms with Gasteiger partial charge in [-0.3, -0.25) is 4.79 Å². The van der Waals surface area contributed by atoms with Gasteiger partial charge in [-0.1, -0.05) is 17.7 Å². The van der Waals surface area contributed by atoms with E-state index in [1.54, 1.807) is 36.4 Å². The molecule has 0 radical (unpaired) electrons. The standard InChI is InChI=1S/C24H23NO5/c1-3-27-21-10-6-17(12-18(21)14-28-20-8-4-16(2)5-9-20)24(26)25-19-7-11-22-23(13-19)30-15-29-22/h4-13H,3,14-15H2,1-2H3,(H,25,26). The number of hydrogen-bond donors (Lipinski definition) is 1. The van der Waals surface area contributed by atoms with Gasteiger partial charge in [-0.15, -0.1) is 0 Å². The number of amides is 1. The Hall–Kier alpha value is -3.67. The summed E-state index contributed by atoms with van der Waals surface area (Å²) in [6.07, 6.45) is 0. The Morgan fingerprint density at radius 3 is 2.57 bits per heavy atom. The van der Waals surface area contributed by atoms with Crippen LogP contribution >= 0.6 is 0 Å². The van der Waals surface area contributed by atoms with Gasteiger partial charge in [0.25, 0.3) is 5.91 Å². The summed E-state index contributed by atoms with van der Waals surface area (Å²) in [4.78, 5) is 12.8. The Kier molecular flexibility index (Phi) is 5.75. The van der Waals surface area contributed by atoms with E-state index in [1.165, 1.54) is 5.56 Å². The van der Waals surface area contributed by atoms with E-state index in [0.717, 1.165) is 11.3 Å². The Balaban J connectivity index is 1.50. The Bertz CT molecular complexity index is 1050. The predicted molar refractivity (Wildman–Crippen MR) is 114 cm³/mol. The topological polar surface area (TPSA) is 66.0 Å². The largest absolute Gasteiger partial charge is 0.493 e. The SMILES string of the molecule is CCOc1ccc(C(=O)Nc2ccc3c(c2)OCO3)cc1COc1ccc(C)cc1. The van der Waals surface area contributed by atoms with E-state index in [9.17, 15) is 4.79 Å². The average molecular weight is 405 g/mol. The summed E-state index contributed by atoms with van der Waals surface area (Å²) < 4.78 is 22.3. The summed E-state index contributed by atoms with van der Waals surface area (Å²) in [6, 6.07) is 18.5.